The standard InChI is InChI=1S/C14H13ClF2N2/c1-19(8-9-3-2-4-10(15)7-9)14-12(18)6-5-11(16)13(14)17/h2-7H,8,18H2,1H3. The third-order valence-electron chi connectivity index (χ3n) is 2.79. The highest BCUT2D eigenvalue weighted by molar-refractivity contribution is 6.30. The highest BCUT2D eigenvalue weighted by atomic mass is 35.5. The maximum atomic E-state index is 13.8. The summed E-state index contributed by atoms with van der Waals surface area (Å²) in [7, 11) is 1.65. The zero-order valence-corrected chi connectivity index (χ0v) is 11.1. The number of anilines is 2. The topological polar surface area (TPSA) is 29.3 Å². The van der Waals surface area contributed by atoms with E-state index in [0.29, 0.717) is 11.6 Å². The lowest BCUT2D eigenvalue weighted by atomic mass is 10.2. The van der Waals surface area contributed by atoms with Crippen LogP contribution in [0.4, 0.5) is 20.2 Å². The van der Waals surface area contributed by atoms with Gasteiger partial charge in [0.05, 0.1) is 11.4 Å². The Balaban J connectivity index is 2.30. The summed E-state index contributed by atoms with van der Waals surface area (Å²) < 4.78 is 27.0. The van der Waals surface area contributed by atoms with Crippen molar-refractivity contribution in [1.29, 1.82) is 0 Å². The predicted molar refractivity (Wildman–Crippen MR) is 74.3 cm³/mol. The first-order valence-electron chi connectivity index (χ1n) is 5.68. The molecule has 0 saturated carbocycles. The maximum absolute atomic E-state index is 13.8. The first-order valence-corrected chi connectivity index (χ1v) is 6.06. The van der Waals surface area contributed by atoms with Crippen molar-refractivity contribution in [2.45, 2.75) is 6.54 Å². The van der Waals surface area contributed by atoms with Crippen LogP contribution in [0.15, 0.2) is 36.4 Å². The molecule has 5 heteroatoms. The second kappa shape index (κ2) is 5.45. The monoisotopic (exact) mass is 282 g/mol. The number of hydrogen-bond donors (Lipinski definition) is 1. The zero-order chi connectivity index (χ0) is 14.0. The minimum absolute atomic E-state index is 0.0555. The lowest BCUT2D eigenvalue weighted by Crippen LogP contribution is -2.19. The van der Waals surface area contributed by atoms with E-state index in [1.54, 1.807) is 30.1 Å². The molecular formula is C14H13ClF2N2. The molecule has 2 nitrogen and oxygen atoms in total. The summed E-state index contributed by atoms with van der Waals surface area (Å²) in [5, 5.41) is 0.596. The van der Waals surface area contributed by atoms with Crippen LogP contribution in [0.1, 0.15) is 5.56 Å². The van der Waals surface area contributed by atoms with Gasteiger partial charge in [0.25, 0.3) is 0 Å². The first kappa shape index (κ1) is 13.6. The second-order valence-corrected chi connectivity index (χ2v) is 4.72. The van der Waals surface area contributed by atoms with Crippen molar-refractivity contribution in [2.24, 2.45) is 0 Å². The number of nitrogen functional groups attached to an aromatic ring is 1. The molecule has 0 heterocycles. The maximum Gasteiger partial charge on any atom is 0.184 e. The van der Waals surface area contributed by atoms with Crippen LogP contribution in [0.2, 0.25) is 5.02 Å². The molecule has 0 amide bonds. The van der Waals surface area contributed by atoms with Crippen LogP contribution in [0.5, 0.6) is 0 Å². The SMILES string of the molecule is CN(Cc1cccc(Cl)c1)c1c(N)ccc(F)c1F. The average molecular weight is 283 g/mol. The number of rotatable bonds is 3. The van der Waals surface area contributed by atoms with E-state index in [2.05, 4.69) is 0 Å². The van der Waals surface area contributed by atoms with Gasteiger partial charge >= 0.3 is 0 Å². The van der Waals surface area contributed by atoms with E-state index in [9.17, 15) is 8.78 Å². The lowest BCUT2D eigenvalue weighted by molar-refractivity contribution is 0.508. The van der Waals surface area contributed by atoms with Gasteiger partial charge in [0.2, 0.25) is 0 Å². The Kier molecular flexibility index (Phi) is 3.90. The second-order valence-electron chi connectivity index (χ2n) is 4.29. The molecule has 19 heavy (non-hydrogen) atoms. The van der Waals surface area contributed by atoms with Crippen molar-refractivity contribution < 1.29 is 8.78 Å². The fraction of sp³-hybridized carbons (Fsp3) is 0.143. The normalized spacial score (nSPS) is 10.5. The summed E-state index contributed by atoms with van der Waals surface area (Å²) in [6, 6.07) is 9.55. The largest absolute Gasteiger partial charge is 0.397 e. The Bertz CT molecular complexity index is 602. The molecule has 0 atom stereocenters. The number of benzene rings is 2. The van der Waals surface area contributed by atoms with Gasteiger partial charge < -0.3 is 10.6 Å². The molecule has 0 saturated heterocycles. The molecule has 2 rings (SSSR count). The van der Waals surface area contributed by atoms with Crippen molar-refractivity contribution in [3.05, 3.63) is 58.6 Å². The van der Waals surface area contributed by atoms with Gasteiger partial charge in [-0.25, -0.2) is 8.78 Å². The fourth-order valence-corrected chi connectivity index (χ4v) is 2.14. The molecule has 0 radical (unpaired) electrons. The van der Waals surface area contributed by atoms with Gasteiger partial charge in [0.15, 0.2) is 11.6 Å². The molecule has 0 aliphatic rings. The van der Waals surface area contributed by atoms with Gasteiger partial charge in [-0.15, -0.1) is 0 Å². The summed E-state index contributed by atoms with van der Waals surface area (Å²) in [4.78, 5) is 1.55. The number of halogens is 3. The van der Waals surface area contributed by atoms with Crippen molar-refractivity contribution >= 4 is 23.0 Å². The van der Waals surface area contributed by atoms with Gasteiger partial charge in [-0.1, -0.05) is 23.7 Å². The molecular weight excluding hydrogens is 270 g/mol. The predicted octanol–water partition coefficient (Wildman–Crippen LogP) is 3.84. The van der Waals surface area contributed by atoms with E-state index in [4.69, 9.17) is 17.3 Å². The Morgan fingerprint density at radius 1 is 1.21 bits per heavy atom. The molecule has 0 aliphatic carbocycles. The summed E-state index contributed by atoms with van der Waals surface area (Å²) in [5.41, 5.74) is 6.84. The van der Waals surface area contributed by atoms with E-state index >= 15 is 0 Å². The van der Waals surface area contributed by atoms with Gasteiger partial charge in [0, 0.05) is 18.6 Å². The number of hydrogen-bond acceptors (Lipinski definition) is 2. The number of nitrogens with zero attached hydrogens (tertiary/aromatic N) is 1. The molecule has 0 spiro atoms. The van der Waals surface area contributed by atoms with Crippen LogP contribution in [-0.2, 0) is 6.54 Å². The van der Waals surface area contributed by atoms with Gasteiger partial charge in [-0.2, -0.15) is 0 Å². The van der Waals surface area contributed by atoms with Crippen LogP contribution < -0.4 is 10.6 Å². The fourth-order valence-electron chi connectivity index (χ4n) is 1.93. The smallest absolute Gasteiger partial charge is 0.184 e. The Labute approximate surface area is 115 Å². The van der Waals surface area contributed by atoms with Crippen molar-refractivity contribution in [2.75, 3.05) is 17.7 Å². The molecule has 2 N–H and O–H groups in total. The van der Waals surface area contributed by atoms with E-state index in [1.165, 1.54) is 6.07 Å². The minimum atomic E-state index is -0.940. The minimum Gasteiger partial charge on any atom is -0.397 e. The van der Waals surface area contributed by atoms with Crippen LogP contribution in [0.25, 0.3) is 0 Å². The van der Waals surface area contributed by atoms with E-state index in [-0.39, 0.29) is 11.4 Å². The first-order chi connectivity index (χ1) is 8.99. The highest BCUT2D eigenvalue weighted by Crippen LogP contribution is 2.29. The van der Waals surface area contributed by atoms with Crippen LogP contribution in [0, 0.1) is 11.6 Å². The molecule has 0 aromatic heterocycles. The van der Waals surface area contributed by atoms with Gasteiger partial charge in [-0.3, -0.25) is 0 Å². The van der Waals surface area contributed by atoms with E-state index in [0.717, 1.165) is 11.6 Å². The van der Waals surface area contributed by atoms with Crippen LogP contribution >= 0.6 is 11.6 Å². The third kappa shape index (κ3) is 2.96. The lowest BCUT2D eigenvalue weighted by Gasteiger charge is -2.22. The van der Waals surface area contributed by atoms with Crippen LogP contribution in [-0.4, -0.2) is 7.05 Å². The molecule has 2 aromatic rings. The summed E-state index contributed by atoms with van der Waals surface area (Å²) in [5.74, 6) is -1.85. The van der Waals surface area contributed by atoms with Crippen molar-refractivity contribution in [1.82, 2.24) is 0 Å². The summed E-state index contributed by atoms with van der Waals surface area (Å²) in [6.45, 7) is 0.380. The molecule has 0 bridgehead atoms. The zero-order valence-electron chi connectivity index (χ0n) is 10.3. The van der Waals surface area contributed by atoms with E-state index < -0.39 is 11.6 Å². The molecule has 0 unspecified atom stereocenters. The Morgan fingerprint density at radius 2 is 1.95 bits per heavy atom. The Hall–Kier alpha value is -1.81. The number of nitrogens with two attached hydrogens (primary N) is 1. The van der Waals surface area contributed by atoms with Gasteiger partial charge in [-0.05, 0) is 29.8 Å². The molecule has 100 valence electrons. The molecule has 0 fully saturated rings. The molecule has 0 aliphatic heterocycles. The third-order valence-corrected chi connectivity index (χ3v) is 3.03. The van der Waals surface area contributed by atoms with E-state index in [1.807, 2.05) is 6.07 Å². The van der Waals surface area contributed by atoms with Gasteiger partial charge in [0.1, 0.15) is 0 Å². The Morgan fingerprint density at radius 3 is 2.63 bits per heavy atom. The molecule has 2 aromatic carbocycles. The average Bonchev–Trinajstić information content (AvgIpc) is 2.34. The van der Waals surface area contributed by atoms with Crippen molar-refractivity contribution in [3.63, 3.8) is 0 Å². The highest BCUT2D eigenvalue weighted by Gasteiger charge is 2.16. The quantitative estimate of drug-likeness (QED) is 0.867. The van der Waals surface area contributed by atoms with Crippen LogP contribution in [0.3, 0.4) is 0 Å². The summed E-state index contributed by atoms with van der Waals surface area (Å²) in [6.07, 6.45) is 0. The summed E-state index contributed by atoms with van der Waals surface area (Å²) >= 11 is 5.88. The van der Waals surface area contributed by atoms with Crippen molar-refractivity contribution in [3.8, 4) is 0 Å².